The smallest absolute Gasteiger partial charge is 0.233 e. The molecule has 0 fully saturated rings. The number of amides is 1. The maximum absolute atomic E-state index is 12.1. The predicted octanol–water partition coefficient (Wildman–Crippen LogP) is 3.81. The van der Waals surface area contributed by atoms with Crippen molar-refractivity contribution < 1.29 is 9.21 Å². The molecule has 1 aromatic carbocycles. The van der Waals surface area contributed by atoms with Crippen LogP contribution < -0.4 is 5.32 Å². The van der Waals surface area contributed by atoms with E-state index in [0.29, 0.717) is 13.1 Å². The number of furan rings is 1. The molecule has 0 bridgehead atoms. The number of imidazole rings is 1. The normalized spacial score (nSPS) is 12.1. The van der Waals surface area contributed by atoms with Gasteiger partial charge in [0.2, 0.25) is 5.91 Å². The van der Waals surface area contributed by atoms with Gasteiger partial charge in [-0.3, -0.25) is 4.79 Å². The molecule has 6 heteroatoms. The molecule has 130 valence electrons. The average Bonchev–Trinajstić information content (AvgIpc) is 3.27. The number of nitrogens with zero attached hydrogens (tertiary/aromatic N) is 2. The van der Waals surface area contributed by atoms with Crippen molar-refractivity contribution in [3.8, 4) is 11.3 Å². The van der Waals surface area contributed by atoms with Crippen molar-refractivity contribution in [3.05, 3.63) is 60.7 Å². The average molecular weight is 355 g/mol. The number of hydrogen-bond donors (Lipinski definition) is 1. The van der Waals surface area contributed by atoms with Crippen LogP contribution in [0.3, 0.4) is 0 Å². The summed E-state index contributed by atoms with van der Waals surface area (Å²) in [7, 11) is 0. The van der Waals surface area contributed by atoms with Gasteiger partial charge in [-0.05, 0) is 31.5 Å². The van der Waals surface area contributed by atoms with Crippen LogP contribution in [-0.4, -0.2) is 27.3 Å². The molecule has 1 atom stereocenters. The van der Waals surface area contributed by atoms with Gasteiger partial charge >= 0.3 is 0 Å². The molecule has 1 amide bonds. The fourth-order valence-corrected chi connectivity index (χ4v) is 3.44. The number of aromatic nitrogens is 2. The Morgan fingerprint density at radius 1 is 1.28 bits per heavy atom. The number of nitrogens with one attached hydrogen (secondary N) is 1. The van der Waals surface area contributed by atoms with Crippen molar-refractivity contribution in [3.63, 3.8) is 0 Å². The first kappa shape index (κ1) is 17.4. The van der Waals surface area contributed by atoms with Crippen LogP contribution in [0.15, 0.2) is 64.5 Å². The third kappa shape index (κ3) is 4.14. The second-order valence-corrected chi connectivity index (χ2v) is 6.92. The molecule has 3 aromatic rings. The number of rotatable bonds is 7. The quantitative estimate of drug-likeness (QED) is 0.655. The summed E-state index contributed by atoms with van der Waals surface area (Å²) in [6.07, 6.45) is 3.52. The zero-order valence-electron chi connectivity index (χ0n) is 14.3. The Balaban J connectivity index is 1.92. The van der Waals surface area contributed by atoms with E-state index in [0.717, 1.165) is 22.2 Å². The van der Waals surface area contributed by atoms with Gasteiger partial charge in [0.25, 0.3) is 0 Å². The maximum Gasteiger partial charge on any atom is 0.233 e. The highest BCUT2D eigenvalue weighted by Gasteiger charge is 2.19. The number of hydrogen-bond acceptors (Lipinski definition) is 4. The number of carbonyl (C=O) groups is 1. The summed E-state index contributed by atoms with van der Waals surface area (Å²) in [6.45, 7) is 5.01. The van der Waals surface area contributed by atoms with E-state index in [9.17, 15) is 4.79 Å². The van der Waals surface area contributed by atoms with Gasteiger partial charge in [0.15, 0.2) is 5.16 Å². The van der Waals surface area contributed by atoms with E-state index in [1.54, 1.807) is 6.26 Å². The minimum atomic E-state index is -0.221. The van der Waals surface area contributed by atoms with Crippen LogP contribution in [0.4, 0.5) is 0 Å². The second kappa shape index (κ2) is 8.07. The molecular formula is C19H21N3O2S. The summed E-state index contributed by atoms with van der Waals surface area (Å²) in [4.78, 5) is 16.6. The number of carbonyl (C=O) groups excluding carboxylic acids is 1. The SMILES string of the molecule is CCNC(=O)C(C)Sc1ncc(-c2ccccc2)n1Cc1ccco1. The van der Waals surface area contributed by atoms with E-state index in [4.69, 9.17) is 4.42 Å². The summed E-state index contributed by atoms with van der Waals surface area (Å²) in [5, 5.41) is 3.43. The van der Waals surface area contributed by atoms with E-state index >= 15 is 0 Å². The van der Waals surface area contributed by atoms with Crippen molar-refractivity contribution in [2.24, 2.45) is 0 Å². The molecule has 0 aliphatic rings. The van der Waals surface area contributed by atoms with Gasteiger partial charge < -0.3 is 14.3 Å². The lowest BCUT2D eigenvalue weighted by molar-refractivity contribution is -0.120. The second-order valence-electron chi connectivity index (χ2n) is 5.61. The highest BCUT2D eigenvalue weighted by Crippen LogP contribution is 2.29. The van der Waals surface area contributed by atoms with Crippen LogP contribution in [0.25, 0.3) is 11.3 Å². The Bertz CT molecular complexity index is 813. The van der Waals surface area contributed by atoms with Gasteiger partial charge in [0, 0.05) is 6.54 Å². The van der Waals surface area contributed by atoms with Crippen LogP contribution in [0.5, 0.6) is 0 Å². The first-order chi connectivity index (χ1) is 12.2. The fourth-order valence-electron chi connectivity index (χ4n) is 2.53. The zero-order valence-corrected chi connectivity index (χ0v) is 15.1. The Morgan fingerprint density at radius 2 is 2.08 bits per heavy atom. The topological polar surface area (TPSA) is 60.1 Å². The molecule has 0 aliphatic carbocycles. The molecule has 1 N–H and O–H groups in total. The molecule has 0 spiro atoms. The number of thioether (sulfide) groups is 1. The zero-order chi connectivity index (χ0) is 17.6. The van der Waals surface area contributed by atoms with Crippen LogP contribution in [0.1, 0.15) is 19.6 Å². The van der Waals surface area contributed by atoms with E-state index in [1.165, 1.54) is 11.8 Å². The summed E-state index contributed by atoms with van der Waals surface area (Å²) >= 11 is 1.45. The maximum atomic E-state index is 12.1. The minimum Gasteiger partial charge on any atom is -0.467 e. The molecule has 0 aliphatic heterocycles. The largest absolute Gasteiger partial charge is 0.467 e. The molecular weight excluding hydrogens is 334 g/mol. The molecule has 0 saturated heterocycles. The summed E-state index contributed by atoms with van der Waals surface area (Å²) < 4.78 is 7.60. The van der Waals surface area contributed by atoms with Crippen LogP contribution in [0, 0.1) is 0 Å². The Labute approximate surface area is 151 Å². The van der Waals surface area contributed by atoms with Gasteiger partial charge in [-0.15, -0.1) is 0 Å². The molecule has 1 unspecified atom stereocenters. The highest BCUT2D eigenvalue weighted by atomic mass is 32.2. The van der Waals surface area contributed by atoms with Crippen molar-refractivity contribution in [1.29, 1.82) is 0 Å². The summed E-state index contributed by atoms with van der Waals surface area (Å²) in [6, 6.07) is 13.9. The van der Waals surface area contributed by atoms with Crippen LogP contribution in [-0.2, 0) is 11.3 Å². The Kier molecular flexibility index (Phi) is 5.60. The Hall–Kier alpha value is -2.47. The first-order valence-electron chi connectivity index (χ1n) is 8.26. The Morgan fingerprint density at radius 3 is 2.76 bits per heavy atom. The van der Waals surface area contributed by atoms with Crippen LogP contribution >= 0.6 is 11.8 Å². The predicted molar refractivity (Wildman–Crippen MR) is 99.5 cm³/mol. The van der Waals surface area contributed by atoms with Gasteiger partial charge in [-0.25, -0.2) is 4.98 Å². The lowest BCUT2D eigenvalue weighted by Crippen LogP contribution is -2.30. The molecule has 3 rings (SSSR count). The van der Waals surface area contributed by atoms with Gasteiger partial charge in [0.05, 0.1) is 29.9 Å². The van der Waals surface area contributed by atoms with E-state index in [1.807, 2.05) is 50.4 Å². The summed E-state index contributed by atoms with van der Waals surface area (Å²) in [5.74, 6) is 0.865. The molecule has 5 nitrogen and oxygen atoms in total. The minimum absolute atomic E-state index is 0.0151. The first-order valence-corrected chi connectivity index (χ1v) is 9.14. The molecule has 0 saturated carbocycles. The van der Waals surface area contributed by atoms with E-state index < -0.39 is 0 Å². The fraction of sp³-hybridized carbons (Fsp3) is 0.263. The highest BCUT2D eigenvalue weighted by molar-refractivity contribution is 8.00. The molecule has 0 radical (unpaired) electrons. The lowest BCUT2D eigenvalue weighted by Gasteiger charge is -2.14. The standard InChI is InChI=1S/C19H21N3O2S/c1-3-20-18(23)14(2)25-19-21-12-17(15-8-5-4-6-9-15)22(19)13-16-10-7-11-24-16/h4-12,14H,3,13H2,1-2H3,(H,20,23). The van der Waals surface area contributed by atoms with E-state index in [-0.39, 0.29) is 11.2 Å². The van der Waals surface area contributed by atoms with Gasteiger partial charge in [0.1, 0.15) is 5.76 Å². The monoisotopic (exact) mass is 355 g/mol. The molecule has 2 aromatic heterocycles. The van der Waals surface area contributed by atoms with Gasteiger partial charge in [-0.1, -0.05) is 42.1 Å². The molecule has 2 heterocycles. The van der Waals surface area contributed by atoms with Crippen molar-refractivity contribution in [2.75, 3.05) is 6.54 Å². The van der Waals surface area contributed by atoms with Crippen molar-refractivity contribution in [1.82, 2.24) is 14.9 Å². The van der Waals surface area contributed by atoms with E-state index in [2.05, 4.69) is 27.0 Å². The van der Waals surface area contributed by atoms with Crippen LogP contribution in [0.2, 0.25) is 0 Å². The third-order valence-electron chi connectivity index (χ3n) is 3.79. The number of benzene rings is 1. The van der Waals surface area contributed by atoms with Crippen molar-refractivity contribution in [2.45, 2.75) is 30.8 Å². The summed E-state index contributed by atoms with van der Waals surface area (Å²) in [5.41, 5.74) is 2.08. The van der Waals surface area contributed by atoms with Gasteiger partial charge in [-0.2, -0.15) is 0 Å². The lowest BCUT2D eigenvalue weighted by atomic mass is 10.2. The third-order valence-corrected chi connectivity index (χ3v) is 4.89. The molecule has 25 heavy (non-hydrogen) atoms. The van der Waals surface area contributed by atoms with Crippen molar-refractivity contribution >= 4 is 17.7 Å².